The third-order valence-corrected chi connectivity index (χ3v) is 4.60. The van der Waals surface area contributed by atoms with Gasteiger partial charge in [0.05, 0.1) is 0 Å². The van der Waals surface area contributed by atoms with Crippen LogP contribution in [0, 0.1) is 19.8 Å². The van der Waals surface area contributed by atoms with Crippen molar-refractivity contribution in [3.8, 4) is 0 Å². The number of piperazine rings is 1. The molecule has 1 aliphatic heterocycles. The van der Waals surface area contributed by atoms with E-state index in [4.69, 9.17) is 0 Å². The van der Waals surface area contributed by atoms with Gasteiger partial charge in [0.2, 0.25) is 0 Å². The minimum atomic E-state index is 0. The normalized spacial score (nSPS) is 18.3. The second-order valence-corrected chi connectivity index (χ2v) is 5.96. The summed E-state index contributed by atoms with van der Waals surface area (Å²) in [5, 5.41) is 3.46. The highest BCUT2D eigenvalue weighted by Gasteiger charge is 2.26. The molecule has 1 unspecified atom stereocenters. The summed E-state index contributed by atoms with van der Waals surface area (Å²) in [6.45, 7) is 13.7. The number of halogens is 2. The van der Waals surface area contributed by atoms with Crippen molar-refractivity contribution in [2.24, 2.45) is 5.92 Å². The quantitative estimate of drug-likeness (QED) is 0.891. The van der Waals surface area contributed by atoms with Gasteiger partial charge in [-0.3, -0.25) is 4.90 Å². The summed E-state index contributed by atoms with van der Waals surface area (Å²) >= 11 is 0. The molecule has 122 valence electrons. The first-order valence-electron chi connectivity index (χ1n) is 7.65. The molecule has 21 heavy (non-hydrogen) atoms. The molecule has 0 aromatic heterocycles. The largest absolute Gasteiger partial charge is 0.314 e. The molecule has 1 aliphatic rings. The van der Waals surface area contributed by atoms with E-state index in [0.717, 1.165) is 13.1 Å². The molecule has 0 radical (unpaired) electrons. The number of nitrogens with zero attached hydrogens (tertiary/aromatic N) is 1. The van der Waals surface area contributed by atoms with Crippen LogP contribution in [0.1, 0.15) is 43.0 Å². The SMILES string of the molecule is CCC(C)[C@@H](c1ccc(C)c(C)c1)N1CCNCC1.Cl.Cl. The molecule has 2 atom stereocenters. The molecular formula is C17H30Cl2N2. The summed E-state index contributed by atoms with van der Waals surface area (Å²) in [5.41, 5.74) is 4.31. The summed E-state index contributed by atoms with van der Waals surface area (Å²) in [6, 6.07) is 7.59. The summed E-state index contributed by atoms with van der Waals surface area (Å²) in [5.74, 6) is 0.709. The molecule has 0 aliphatic carbocycles. The number of hydrogen-bond acceptors (Lipinski definition) is 2. The lowest BCUT2D eigenvalue weighted by Crippen LogP contribution is -2.46. The van der Waals surface area contributed by atoms with Crippen LogP contribution in [0.4, 0.5) is 0 Å². The maximum atomic E-state index is 3.46. The number of benzene rings is 1. The maximum absolute atomic E-state index is 3.46. The summed E-state index contributed by atoms with van der Waals surface area (Å²) < 4.78 is 0. The van der Waals surface area contributed by atoms with Gasteiger partial charge in [-0.1, -0.05) is 38.5 Å². The Balaban J connectivity index is 0.00000200. The van der Waals surface area contributed by atoms with Gasteiger partial charge in [0.25, 0.3) is 0 Å². The molecule has 1 fully saturated rings. The van der Waals surface area contributed by atoms with Crippen molar-refractivity contribution in [3.63, 3.8) is 0 Å². The second kappa shape index (κ2) is 9.68. The van der Waals surface area contributed by atoms with Gasteiger partial charge in [0.1, 0.15) is 0 Å². The number of nitrogens with one attached hydrogen (secondary N) is 1. The van der Waals surface area contributed by atoms with Crippen molar-refractivity contribution < 1.29 is 0 Å². The molecule has 0 amide bonds. The predicted octanol–water partition coefficient (Wildman–Crippen LogP) is 4.14. The third kappa shape index (κ3) is 5.14. The van der Waals surface area contributed by atoms with Crippen molar-refractivity contribution in [1.29, 1.82) is 0 Å². The molecule has 1 aromatic carbocycles. The Labute approximate surface area is 142 Å². The van der Waals surface area contributed by atoms with Crippen LogP contribution < -0.4 is 5.32 Å². The standard InChI is InChI=1S/C17H28N2.2ClH/c1-5-13(2)17(19-10-8-18-9-11-19)16-7-6-14(3)15(4)12-16;;/h6-7,12-13,17-18H,5,8-11H2,1-4H3;2*1H/t13?,17-;;/m0../s1. The Kier molecular flexibility index (Phi) is 9.55. The Hall–Kier alpha value is -0.280. The highest BCUT2D eigenvalue weighted by molar-refractivity contribution is 5.85. The molecule has 1 saturated heterocycles. The van der Waals surface area contributed by atoms with Gasteiger partial charge >= 0.3 is 0 Å². The van der Waals surface area contributed by atoms with Crippen molar-refractivity contribution in [2.75, 3.05) is 26.2 Å². The Morgan fingerprint density at radius 1 is 1.10 bits per heavy atom. The molecule has 0 spiro atoms. The molecule has 4 heteroatoms. The van der Waals surface area contributed by atoms with Crippen LogP contribution >= 0.6 is 24.8 Å². The van der Waals surface area contributed by atoms with Gasteiger partial charge in [-0.15, -0.1) is 24.8 Å². The monoisotopic (exact) mass is 332 g/mol. The first-order chi connectivity index (χ1) is 9.13. The van der Waals surface area contributed by atoms with Gasteiger partial charge in [-0.25, -0.2) is 0 Å². The molecule has 2 rings (SSSR count). The lowest BCUT2D eigenvalue weighted by molar-refractivity contribution is 0.128. The van der Waals surface area contributed by atoms with Crippen molar-refractivity contribution in [3.05, 3.63) is 34.9 Å². The van der Waals surface area contributed by atoms with Crippen LogP contribution in [0.15, 0.2) is 18.2 Å². The zero-order valence-electron chi connectivity index (χ0n) is 13.7. The van der Waals surface area contributed by atoms with Gasteiger partial charge in [0, 0.05) is 32.2 Å². The fourth-order valence-electron chi connectivity index (χ4n) is 3.03. The average Bonchev–Trinajstić information content (AvgIpc) is 2.44. The van der Waals surface area contributed by atoms with Crippen molar-refractivity contribution in [1.82, 2.24) is 10.2 Å². The van der Waals surface area contributed by atoms with E-state index in [9.17, 15) is 0 Å². The van der Waals surface area contributed by atoms with Crippen LogP contribution in [0.2, 0.25) is 0 Å². The van der Waals surface area contributed by atoms with E-state index in [2.05, 4.69) is 56.1 Å². The fraction of sp³-hybridized carbons (Fsp3) is 0.647. The van der Waals surface area contributed by atoms with E-state index in [-0.39, 0.29) is 24.8 Å². The van der Waals surface area contributed by atoms with Crippen molar-refractivity contribution in [2.45, 2.75) is 40.2 Å². The molecule has 1 aromatic rings. The predicted molar refractivity (Wildman–Crippen MR) is 97.1 cm³/mol. The number of hydrogen-bond donors (Lipinski definition) is 1. The van der Waals surface area contributed by atoms with E-state index in [0.29, 0.717) is 12.0 Å². The molecule has 2 nitrogen and oxygen atoms in total. The van der Waals surface area contributed by atoms with E-state index >= 15 is 0 Å². The zero-order valence-corrected chi connectivity index (χ0v) is 15.3. The topological polar surface area (TPSA) is 15.3 Å². The first kappa shape index (κ1) is 20.7. The maximum Gasteiger partial charge on any atom is 0.0374 e. The highest BCUT2D eigenvalue weighted by atomic mass is 35.5. The van der Waals surface area contributed by atoms with Crippen LogP contribution in [0.5, 0.6) is 0 Å². The van der Waals surface area contributed by atoms with Crippen LogP contribution in [0.25, 0.3) is 0 Å². The van der Waals surface area contributed by atoms with Crippen LogP contribution in [0.3, 0.4) is 0 Å². The summed E-state index contributed by atoms with van der Waals surface area (Å²) in [4.78, 5) is 2.66. The fourth-order valence-corrected chi connectivity index (χ4v) is 3.03. The van der Waals surface area contributed by atoms with Crippen molar-refractivity contribution >= 4 is 24.8 Å². The van der Waals surface area contributed by atoms with Gasteiger partial charge < -0.3 is 5.32 Å². The first-order valence-corrected chi connectivity index (χ1v) is 7.65. The van der Waals surface area contributed by atoms with Crippen LogP contribution in [-0.4, -0.2) is 31.1 Å². The molecule has 1 heterocycles. The minimum absolute atomic E-state index is 0. The minimum Gasteiger partial charge on any atom is -0.314 e. The zero-order chi connectivity index (χ0) is 13.8. The smallest absolute Gasteiger partial charge is 0.0374 e. The van der Waals surface area contributed by atoms with E-state index < -0.39 is 0 Å². The number of aryl methyl sites for hydroxylation is 2. The summed E-state index contributed by atoms with van der Waals surface area (Å²) in [7, 11) is 0. The second-order valence-electron chi connectivity index (χ2n) is 5.96. The highest BCUT2D eigenvalue weighted by Crippen LogP contribution is 2.31. The van der Waals surface area contributed by atoms with E-state index in [1.165, 1.54) is 36.2 Å². The lowest BCUT2D eigenvalue weighted by atomic mass is 9.89. The Bertz CT molecular complexity index is 417. The third-order valence-electron chi connectivity index (χ3n) is 4.60. The Morgan fingerprint density at radius 3 is 2.24 bits per heavy atom. The van der Waals surface area contributed by atoms with E-state index in [1.54, 1.807) is 0 Å². The molecule has 1 N–H and O–H groups in total. The lowest BCUT2D eigenvalue weighted by Gasteiger charge is -2.38. The molecule has 0 bridgehead atoms. The van der Waals surface area contributed by atoms with Gasteiger partial charge in [-0.2, -0.15) is 0 Å². The average molecular weight is 333 g/mol. The van der Waals surface area contributed by atoms with Gasteiger partial charge in [0.15, 0.2) is 0 Å². The molecular weight excluding hydrogens is 303 g/mol. The summed E-state index contributed by atoms with van der Waals surface area (Å²) in [6.07, 6.45) is 1.24. The Morgan fingerprint density at radius 2 is 1.71 bits per heavy atom. The van der Waals surface area contributed by atoms with Gasteiger partial charge in [-0.05, 0) is 36.5 Å². The number of rotatable bonds is 4. The van der Waals surface area contributed by atoms with Crippen LogP contribution in [-0.2, 0) is 0 Å². The molecule has 0 saturated carbocycles. The van der Waals surface area contributed by atoms with E-state index in [1.807, 2.05) is 0 Å².